The summed E-state index contributed by atoms with van der Waals surface area (Å²) in [5.74, 6) is 1.36. The van der Waals surface area contributed by atoms with Crippen molar-refractivity contribution >= 4 is 33.3 Å². The van der Waals surface area contributed by atoms with Crippen LogP contribution in [-0.2, 0) is 4.74 Å². The number of hydrogen-bond acceptors (Lipinski definition) is 7. The van der Waals surface area contributed by atoms with Gasteiger partial charge in [0, 0.05) is 32.7 Å². The Hall–Kier alpha value is -1.77. The first-order chi connectivity index (χ1) is 13.1. The average molecular weight is 392 g/mol. The molecule has 0 aliphatic carbocycles. The van der Waals surface area contributed by atoms with Crippen molar-refractivity contribution in [2.24, 2.45) is 5.92 Å². The molecule has 0 aromatic carbocycles. The van der Waals surface area contributed by atoms with E-state index in [1.165, 1.54) is 11.3 Å². The average Bonchev–Trinajstić information content (AvgIpc) is 3.00. The molecule has 2 aromatic heterocycles. The zero-order valence-corrected chi connectivity index (χ0v) is 17.2. The van der Waals surface area contributed by atoms with Crippen molar-refractivity contribution in [3.05, 3.63) is 16.8 Å². The number of hydrogen-bond donors (Lipinski definition) is 2. The summed E-state index contributed by atoms with van der Waals surface area (Å²) in [6, 6.07) is 0. The van der Waals surface area contributed by atoms with E-state index in [2.05, 4.69) is 39.3 Å². The minimum absolute atomic E-state index is 0.0181. The van der Waals surface area contributed by atoms with E-state index in [9.17, 15) is 4.79 Å². The molecule has 0 atom stereocenters. The summed E-state index contributed by atoms with van der Waals surface area (Å²) in [5.41, 5.74) is 0.950. The standard InChI is InChI=1S/C19H29N5O2S/c1-13(2)4-5-21-18(25)16-14(3)15-17(22-12-23-19(15)27-16)20-6-7-24-8-10-26-11-9-24/h12-13H,4-11H2,1-3H3,(H,21,25)(H,20,22,23). The number of carbonyl (C=O) groups is 1. The molecule has 148 valence electrons. The highest BCUT2D eigenvalue weighted by atomic mass is 32.1. The van der Waals surface area contributed by atoms with Gasteiger partial charge in [-0.1, -0.05) is 13.8 Å². The topological polar surface area (TPSA) is 79.4 Å². The lowest BCUT2D eigenvalue weighted by molar-refractivity contribution is 0.0398. The van der Waals surface area contributed by atoms with E-state index in [4.69, 9.17) is 4.74 Å². The lowest BCUT2D eigenvalue weighted by Crippen LogP contribution is -2.39. The van der Waals surface area contributed by atoms with Crippen LogP contribution in [0.25, 0.3) is 10.2 Å². The third kappa shape index (κ3) is 5.15. The Bertz CT molecular complexity index is 771. The van der Waals surface area contributed by atoms with Crippen molar-refractivity contribution in [2.75, 3.05) is 51.3 Å². The number of thiophene rings is 1. The summed E-state index contributed by atoms with van der Waals surface area (Å²) in [6.45, 7) is 12.3. The van der Waals surface area contributed by atoms with Gasteiger partial charge in [-0.25, -0.2) is 9.97 Å². The molecule has 1 fully saturated rings. The molecule has 0 unspecified atom stereocenters. The van der Waals surface area contributed by atoms with E-state index in [0.717, 1.165) is 72.3 Å². The van der Waals surface area contributed by atoms with Gasteiger partial charge in [-0.2, -0.15) is 0 Å². The van der Waals surface area contributed by atoms with Crippen molar-refractivity contribution < 1.29 is 9.53 Å². The highest BCUT2D eigenvalue weighted by Gasteiger charge is 2.19. The lowest BCUT2D eigenvalue weighted by atomic mass is 10.1. The van der Waals surface area contributed by atoms with Gasteiger partial charge in [0.25, 0.3) is 5.91 Å². The Morgan fingerprint density at radius 2 is 2.07 bits per heavy atom. The Morgan fingerprint density at radius 3 is 2.81 bits per heavy atom. The molecule has 1 amide bonds. The van der Waals surface area contributed by atoms with E-state index in [1.807, 2.05) is 6.92 Å². The second kappa shape index (κ2) is 9.43. The number of aromatic nitrogens is 2. The summed E-state index contributed by atoms with van der Waals surface area (Å²) in [7, 11) is 0. The fourth-order valence-corrected chi connectivity index (χ4v) is 4.20. The fraction of sp³-hybridized carbons (Fsp3) is 0.632. The molecule has 0 saturated carbocycles. The van der Waals surface area contributed by atoms with Crippen LogP contribution in [0.5, 0.6) is 0 Å². The molecular weight excluding hydrogens is 362 g/mol. The molecule has 3 heterocycles. The van der Waals surface area contributed by atoms with E-state index in [0.29, 0.717) is 12.5 Å². The van der Waals surface area contributed by atoms with Gasteiger partial charge in [0.1, 0.15) is 17.0 Å². The van der Waals surface area contributed by atoms with Crippen LogP contribution in [0, 0.1) is 12.8 Å². The van der Waals surface area contributed by atoms with E-state index in [-0.39, 0.29) is 5.91 Å². The second-order valence-electron chi connectivity index (χ2n) is 7.28. The number of carbonyl (C=O) groups excluding carboxylic acids is 1. The maximum Gasteiger partial charge on any atom is 0.261 e. The molecule has 2 N–H and O–H groups in total. The molecule has 1 aliphatic rings. The molecule has 0 bridgehead atoms. The first-order valence-electron chi connectivity index (χ1n) is 9.62. The van der Waals surface area contributed by atoms with E-state index in [1.54, 1.807) is 6.33 Å². The third-order valence-corrected chi connectivity index (χ3v) is 5.96. The monoisotopic (exact) mass is 391 g/mol. The van der Waals surface area contributed by atoms with Crippen molar-refractivity contribution in [3.63, 3.8) is 0 Å². The smallest absolute Gasteiger partial charge is 0.261 e. The van der Waals surface area contributed by atoms with Crippen LogP contribution < -0.4 is 10.6 Å². The van der Waals surface area contributed by atoms with Gasteiger partial charge in [0.2, 0.25) is 0 Å². The SMILES string of the molecule is Cc1c(C(=O)NCCC(C)C)sc2ncnc(NCCN3CCOCC3)c12. The number of ether oxygens (including phenoxy) is 1. The Kier molecular flexibility index (Phi) is 6.98. The van der Waals surface area contributed by atoms with Crippen LogP contribution in [0.2, 0.25) is 0 Å². The number of nitrogens with one attached hydrogen (secondary N) is 2. The normalized spacial score (nSPS) is 15.4. The van der Waals surface area contributed by atoms with Gasteiger partial charge < -0.3 is 15.4 Å². The van der Waals surface area contributed by atoms with Crippen LogP contribution in [0.1, 0.15) is 35.5 Å². The van der Waals surface area contributed by atoms with Gasteiger partial charge in [0.05, 0.1) is 23.5 Å². The highest BCUT2D eigenvalue weighted by molar-refractivity contribution is 7.20. The Balaban J connectivity index is 1.67. The van der Waals surface area contributed by atoms with Gasteiger partial charge in [-0.05, 0) is 24.8 Å². The van der Waals surface area contributed by atoms with E-state index < -0.39 is 0 Å². The van der Waals surface area contributed by atoms with Crippen molar-refractivity contribution in [3.8, 4) is 0 Å². The lowest BCUT2D eigenvalue weighted by Gasteiger charge is -2.26. The molecule has 0 radical (unpaired) electrons. The van der Waals surface area contributed by atoms with Gasteiger partial charge in [-0.15, -0.1) is 11.3 Å². The van der Waals surface area contributed by atoms with E-state index >= 15 is 0 Å². The molecule has 2 aromatic rings. The molecule has 8 heteroatoms. The first kappa shape index (κ1) is 20.0. The fourth-order valence-electron chi connectivity index (χ4n) is 3.13. The summed E-state index contributed by atoms with van der Waals surface area (Å²) in [6.07, 6.45) is 2.54. The van der Waals surface area contributed by atoms with Crippen LogP contribution >= 0.6 is 11.3 Å². The number of nitrogens with zero attached hydrogens (tertiary/aromatic N) is 3. The summed E-state index contributed by atoms with van der Waals surface area (Å²) < 4.78 is 5.38. The number of rotatable bonds is 8. The molecular formula is C19H29N5O2S. The molecule has 27 heavy (non-hydrogen) atoms. The maximum atomic E-state index is 12.6. The van der Waals surface area contributed by atoms with Crippen LogP contribution in [0.3, 0.4) is 0 Å². The van der Waals surface area contributed by atoms with Gasteiger partial charge in [-0.3, -0.25) is 9.69 Å². The predicted octanol–water partition coefficient (Wildman–Crippen LogP) is 2.52. The summed E-state index contributed by atoms with van der Waals surface area (Å²) in [5, 5.41) is 7.41. The minimum atomic E-state index is -0.0181. The van der Waals surface area contributed by atoms with Crippen LogP contribution in [-0.4, -0.2) is 66.7 Å². The van der Waals surface area contributed by atoms with Gasteiger partial charge in [0.15, 0.2) is 0 Å². The molecule has 7 nitrogen and oxygen atoms in total. The van der Waals surface area contributed by atoms with Crippen LogP contribution in [0.4, 0.5) is 5.82 Å². The first-order valence-corrected chi connectivity index (χ1v) is 10.4. The minimum Gasteiger partial charge on any atom is -0.379 e. The molecule has 0 spiro atoms. The Morgan fingerprint density at radius 1 is 1.30 bits per heavy atom. The number of fused-ring (bicyclic) bond motifs is 1. The quantitative estimate of drug-likeness (QED) is 0.720. The van der Waals surface area contributed by atoms with Gasteiger partial charge >= 0.3 is 0 Å². The number of amides is 1. The second-order valence-corrected chi connectivity index (χ2v) is 8.28. The van der Waals surface area contributed by atoms with Crippen LogP contribution in [0.15, 0.2) is 6.33 Å². The zero-order chi connectivity index (χ0) is 19.2. The number of anilines is 1. The summed E-state index contributed by atoms with van der Waals surface area (Å²) in [4.78, 5) is 25.3. The number of morpholine rings is 1. The Labute approximate surface area is 164 Å². The summed E-state index contributed by atoms with van der Waals surface area (Å²) >= 11 is 1.44. The van der Waals surface area contributed by atoms with Crippen molar-refractivity contribution in [2.45, 2.75) is 27.2 Å². The van der Waals surface area contributed by atoms with Crippen molar-refractivity contribution in [1.82, 2.24) is 20.2 Å². The third-order valence-electron chi connectivity index (χ3n) is 4.76. The molecule has 3 rings (SSSR count). The predicted molar refractivity (Wildman–Crippen MR) is 110 cm³/mol. The molecule has 1 aliphatic heterocycles. The maximum absolute atomic E-state index is 12.6. The zero-order valence-electron chi connectivity index (χ0n) is 16.4. The number of aryl methyl sites for hydroxylation is 1. The molecule has 1 saturated heterocycles. The van der Waals surface area contributed by atoms with Crippen molar-refractivity contribution in [1.29, 1.82) is 0 Å². The largest absolute Gasteiger partial charge is 0.379 e. The highest BCUT2D eigenvalue weighted by Crippen LogP contribution is 2.33.